The van der Waals surface area contributed by atoms with Gasteiger partial charge in [0, 0.05) is 23.8 Å². The summed E-state index contributed by atoms with van der Waals surface area (Å²) >= 11 is 0. The summed E-state index contributed by atoms with van der Waals surface area (Å²) in [7, 11) is 0. The molecule has 0 aromatic heterocycles. The van der Waals surface area contributed by atoms with Crippen molar-refractivity contribution in [2.75, 3.05) is 18.4 Å². The van der Waals surface area contributed by atoms with E-state index in [9.17, 15) is 9.59 Å². The highest BCUT2D eigenvalue weighted by Crippen LogP contribution is 2.16. The Bertz CT molecular complexity index is 500. The van der Waals surface area contributed by atoms with Gasteiger partial charge in [0.25, 0.3) is 5.91 Å². The number of hydrogen-bond donors (Lipinski definition) is 3. The fourth-order valence-corrected chi connectivity index (χ4v) is 1.81. The quantitative estimate of drug-likeness (QED) is 0.720. The third-order valence-corrected chi connectivity index (χ3v) is 3.32. The first kappa shape index (κ1) is 17.2. The largest absolute Gasteiger partial charge is 0.352 e. The normalized spacial score (nSPS) is 11.8. The van der Waals surface area contributed by atoms with Crippen molar-refractivity contribution in [2.45, 2.75) is 40.2 Å². The van der Waals surface area contributed by atoms with Crippen LogP contribution in [0.1, 0.15) is 43.1 Å². The van der Waals surface area contributed by atoms with Crippen molar-refractivity contribution >= 4 is 17.5 Å². The number of nitrogens with one attached hydrogen (secondary N) is 3. The maximum absolute atomic E-state index is 11.9. The van der Waals surface area contributed by atoms with Crippen LogP contribution in [0.5, 0.6) is 0 Å². The van der Waals surface area contributed by atoms with Crippen molar-refractivity contribution in [3.8, 4) is 0 Å². The zero-order valence-electron chi connectivity index (χ0n) is 13.2. The molecule has 1 atom stereocenters. The van der Waals surface area contributed by atoms with Gasteiger partial charge in [-0.3, -0.25) is 9.59 Å². The van der Waals surface area contributed by atoms with Crippen LogP contribution in [0.15, 0.2) is 18.2 Å². The first-order valence-electron chi connectivity index (χ1n) is 7.40. The van der Waals surface area contributed by atoms with Gasteiger partial charge in [-0.15, -0.1) is 0 Å². The van der Waals surface area contributed by atoms with Gasteiger partial charge in [0.15, 0.2) is 0 Å². The maximum atomic E-state index is 11.9. The monoisotopic (exact) mass is 291 g/mol. The van der Waals surface area contributed by atoms with Gasteiger partial charge in [0.1, 0.15) is 0 Å². The van der Waals surface area contributed by atoms with Crippen LogP contribution in [-0.2, 0) is 4.79 Å². The molecule has 21 heavy (non-hydrogen) atoms. The number of carbonyl (C=O) groups excluding carboxylic acids is 2. The lowest BCUT2D eigenvalue weighted by molar-refractivity contribution is -0.115. The summed E-state index contributed by atoms with van der Waals surface area (Å²) in [4.78, 5) is 23.6. The molecule has 1 rings (SSSR count). The number of hydrogen-bond acceptors (Lipinski definition) is 3. The molecule has 0 saturated carbocycles. The van der Waals surface area contributed by atoms with Gasteiger partial charge in [-0.1, -0.05) is 6.92 Å². The zero-order chi connectivity index (χ0) is 15.8. The highest BCUT2D eigenvalue weighted by Gasteiger charge is 2.09. The van der Waals surface area contributed by atoms with Crippen molar-refractivity contribution in [1.82, 2.24) is 10.6 Å². The van der Waals surface area contributed by atoms with Crippen LogP contribution >= 0.6 is 0 Å². The van der Waals surface area contributed by atoms with E-state index in [1.54, 1.807) is 18.2 Å². The predicted molar refractivity (Wildman–Crippen MR) is 85.6 cm³/mol. The molecule has 116 valence electrons. The minimum atomic E-state index is -0.100. The van der Waals surface area contributed by atoms with Crippen LogP contribution in [0, 0.1) is 6.92 Å². The summed E-state index contributed by atoms with van der Waals surface area (Å²) < 4.78 is 0. The summed E-state index contributed by atoms with van der Waals surface area (Å²) in [6.45, 7) is 8.74. The second-order valence-electron chi connectivity index (χ2n) is 5.13. The first-order valence-corrected chi connectivity index (χ1v) is 7.40. The van der Waals surface area contributed by atoms with Gasteiger partial charge in [-0.25, -0.2) is 0 Å². The first-order chi connectivity index (χ1) is 9.97. The number of anilines is 1. The van der Waals surface area contributed by atoms with Gasteiger partial charge in [-0.05, 0) is 51.0 Å². The molecule has 0 aliphatic carbocycles. The lowest BCUT2D eigenvalue weighted by Gasteiger charge is -2.13. The van der Waals surface area contributed by atoms with Crippen LogP contribution in [0.2, 0.25) is 0 Å². The topological polar surface area (TPSA) is 70.2 Å². The van der Waals surface area contributed by atoms with Crippen LogP contribution < -0.4 is 16.0 Å². The molecule has 3 N–H and O–H groups in total. The standard InChI is InChI=1S/C16H25N3O2/c1-5-12(4)18-10-15(20)19-14-8-7-13(9-11(14)3)16(21)17-6-2/h7-9,12,18H,5-6,10H2,1-4H3,(H,17,21)(H,19,20). The van der Waals surface area contributed by atoms with Gasteiger partial charge < -0.3 is 16.0 Å². The summed E-state index contributed by atoms with van der Waals surface area (Å²) in [6, 6.07) is 5.58. The molecule has 1 aromatic rings. The minimum absolute atomic E-state index is 0.0795. The van der Waals surface area contributed by atoms with Gasteiger partial charge in [0.05, 0.1) is 6.54 Å². The third-order valence-electron chi connectivity index (χ3n) is 3.32. The molecule has 0 spiro atoms. The summed E-state index contributed by atoms with van der Waals surface area (Å²) in [5.41, 5.74) is 2.21. The van der Waals surface area contributed by atoms with Crippen molar-refractivity contribution in [1.29, 1.82) is 0 Å². The molecule has 0 bridgehead atoms. The zero-order valence-corrected chi connectivity index (χ0v) is 13.2. The van der Waals surface area contributed by atoms with E-state index in [4.69, 9.17) is 0 Å². The molecule has 0 saturated heterocycles. The molecule has 0 aliphatic heterocycles. The van der Waals surface area contributed by atoms with E-state index in [0.29, 0.717) is 18.2 Å². The lowest BCUT2D eigenvalue weighted by Crippen LogP contribution is -2.34. The molecule has 5 nitrogen and oxygen atoms in total. The SMILES string of the molecule is CCNC(=O)c1ccc(NC(=O)CNC(C)CC)c(C)c1. The Morgan fingerprint density at radius 3 is 2.52 bits per heavy atom. The summed E-state index contributed by atoms with van der Waals surface area (Å²) in [6.07, 6.45) is 0.980. The number of amides is 2. The Morgan fingerprint density at radius 2 is 1.95 bits per heavy atom. The molecular formula is C16H25N3O2. The smallest absolute Gasteiger partial charge is 0.251 e. The average Bonchev–Trinajstić information content (AvgIpc) is 2.47. The highest BCUT2D eigenvalue weighted by molar-refractivity contribution is 5.96. The number of aryl methyl sites for hydroxylation is 1. The van der Waals surface area contributed by atoms with E-state index >= 15 is 0 Å². The second kappa shape index (κ2) is 8.42. The van der Waals surface area contributed by atoms with E-state index in [1.807, 2.05) is 20.8 Å². The Morgan fingerprint density at radius 1 is 1.24 bits per heavy atom. The van der Waals surface area contributed by atoms with E-state index in [-0.39, 0.29) is 18.4 Å². The van der Waals surface area contributed by atoms with Crippen molar-refractivity contribution in [2.24, 2.45) is 0 Å². The molecular weight excluding hydrogens is 266 g/mol. The van der Waals surface area contributed by atoms with Crippen molar-refractivity contribution in [3.05, 3.63) is 29.3 Å². The summed E-state index contributed by atoms with van der Waals surface area (Å²) in [5.74, 6) is -0.180. The molecule has 5 heteroatoms. The number of rotatable bonds is 7. The van der Waals surface area contributed by atoms with Crippen LogP contribution in [0.25, 0.3) is 0 Å². The van der Waals surface area contributed by atoms with E-state index in [2.05, 4.69) is 22.9 Å². The van der Waals surface area contributed by atoms with Gasteiger partial charge >= 0.3 is 0 Å². The number of carbonyl (C=O) groups is 2. The molecule has 0 fully saturated rings. The Hall–Kier alpha value is -1.88. The predicted octanol–water partition coefficient (Wildman–Crippen LogP) is 2.07. The Kier molecular flexibility index (Phi) is 6.88. The van der Waals surface area contributed by atoms with Crippen LogP contribution in [-0.4, -0.2) is 30.9 Å². The van der Waals surface area contributed by atoms with Gasteiger partial charge in [0.2, 0.25) is 5.91 Å². The van der Waals surface area contributed by atoms with E-state index < -0.39 is 0 Å². The highest BCUT2D eigenvalue weighted by atomic mass is 16.2. The van der Waals surface area contributed by atoms with Gasteiger partial charge in [-0.2, -0.15) is 0 Å². The molecule has 0 aliphatic rings. The second-order valence-corrected chi connectivity index (χ2v) is 5.13. The number of benzene rings is 1. The van der Waals surface area contributed by atoms with Crippen molar-refractivity contribution < 1.29 is 9.59 Å². The van der Waals surface area contributed by atoms with Crippen molar-refractivity contribution in [3.63, 3.8) is 0 Å². The fourth-order valence-electron chi connectivity index (χ4n) is 1.81. The average molecular weight is 291 g/mol. The van der Waals surface area contributed by atoms with Crippen LogP contribution in [0.3, 0.4) is 0 Å². The minimum Gasteiger partial charge on any atom is -0.352 e. The third kappa shape index (κ3) is 5.55. The Labute approximate surface area is 126 Å². The van der Waals surface area contributed by atoms with E-state index in [0.717, 1.165) is 17.7 Å². The molecule has 1 unspecified atom stereocenters. The molecule has 2 amide bonds. The van der Waals surface area contributed by atoms with Crippen LogP contribution in [0.4, 0.5) is 5.69 Å². The summed E-state index contributed by atoms with van der Waals surface area (Å²) in [5, 5.41) is 8.75. The lowest BCUT2D eigenvalue weighted by atomic mass is 10.1. The molecule has 0 radical (unpaired) electrons. The molecule has 1 aromatic carbocycles. The molecule has 0 heterocycles. The Balaban J connectivity index is 2.64. The maximum Gasteiger partial charge on any atom is 0.251 e. The fraction of sp³-hybridized carbons (Fsp3) is 0.500. The van der Waals surface area contributed by atoms with E-state index in [1.165, 1.54) is 0 Å².